The molecule has 5 nitrogen and oxygen atoms in total. The van der Waals surface area contributed by atoms with E-state index in [1.54, 1.807) is 6.92 Å². The van der Waals surface area contributed by atoms with Gasteiger partial charge in [0.2, 0.25) is 5.91 Å². The third kappa shape index (κ3) is 6.86. The first-order valence-corrected chi connectivity index (χ1v) is 9.13. The van der Waals surface area contributed by atoms with Crippen LogP contribution >= 0.6 is 11.6 Å². The Labute approximate surface area is 154 Å². The maximum atomic E-state index is 12.7. The Balaban J connectivity index is 2.94. The number of amides is 1. The summed E-state index contributed by atoms with van der Waals surface area (Å²) in [5.74, 6) is -0.885. The van der Waals surface area contributed by atoms with Gasteiger partial charge < -0.3 is 10.6 Å². The number of anilines is 1. The first-order valence-electron chi connectivity index (χ1n) is 8.60. The Morgan fingerprint density at radius 1 is 1.12 bits per heavy atom. The molecule has 0 saturated carbocycles. The summed E-state index contributed by atoms with van der Waals surface area (Å²) in [5, 5.41) is 5.93. The molecular formula is C19H27ClN2O3. The molecule has 0 aliphatic carbocycles. The summed E-state index contributed by atoms with van der Waals surface area (Å²) in [4.78, 5) is 36.4. The van der Waals surface area contributed by atoms with Gasteiger partial charge >= 0.3 is 0 Å². The second-order valence-electron chi connectivity index (χ2n) is 6.29. The van der Waals surface area contributed by atoms with Gasteiger partial charge in [0, 0.05) is 31.0 Å². The molecule has 138 valence electrons. The van der Waals surface area contributed by atoms with Crippen LogP contribution in [0.2, 0.25) is 0 Å². The first-order chi connectivity index (χ1) is 11.9. The number of alkyl halides is 1. The Morgan fingerprint density at radius 3 is 2.28 bits per heavy atom. The van der Waals surface area contributed by atoms with Crippen molar-refractivity contribution in [2.24, 2.45) is 11.8 Å². The highest BCUT2D eigenvalue weighted by molar-refractivity contribution is 6.27. The molecule has 1 rings (SSSR count). The first kappa shape index (κ1) is 21.2. The number of Topliss-reactive ketones (excluding diaryl/α,β-unsaturated/α-hetero) is 2. The molecular weight excluding hydrogens is 340 g/mol. The van der Waals surface area contributed by atoms with E-state index in [0.717, 1.165) is 5.69 Å². The Bertz CT molecular complexity index is 575. The maximum Gasteiger partial charge on any atom is 0.243 e. The summed E-state index contributed by atoms with van der Waals surface area (Å²) in [6.07, 6.45) is 0.551. The number of hydrogen-bond donors (Lipinski definition) is 2. The van der Waals surface area contributed by atoms with Crippen molar-refractivity contribution in [2.75, 3.05) is 17.7 Å². The van der Waals surface area contributed by atoms with Gasteiger partial charge in [-0.1, -0.05) is 39.0 Å². The van der Waals surface area contributed by atoms with Crippen LogP contribution in [0.5, 0.6) is 0 Å². The minimum Gasteiger partial charge on any atom is -0.373 e. The molecule has 25 heavy (non-hydrogen) atoms. The van der Waals surface area contributed by atoms with Gasteiger partial charge in [0.25, 0.3) is 0 Å². The average Bonchev–Trinajstić information content (AvgIpc) is 2.61. The number of benzene rings is 1. The third-order valence-electron chi connectivity index (χ3n) is 4.03. The summed E-state index contributed by atoms with van der Waals surface area (Å²) in [6, 6.07) is 8.62. The van der Waals surface area contributed by atoms with E-state index in [2.05, 4.69) is 10.6 Å². The molecule has 1 aromatic carbocycles. The largest absolute Gasteiger partial charge is 0.373 e. The lowest BCUT2D eigenvalue weighted by Crippen LogP contribution is -2.49. The number of rotatable bonds is 11. The van der Waals surface area contributed by atoms with Crippen molar-refractivity contribution >= 4 is 34.8 Å². The summed E-state index contributed by atoms with van der Waals surface area (Å²) in [7, 11) is 0. The van der Waals surface area contributed by atoms with E-state index in [9.17, 15) is 14.4 Å². The van der Waals surface area contributed by atoms with Crippen molar-refractivity contribution in [1.29, 1.82) is 0 Å². The number of ketones is 2. The van der Waals surface area contributed by atoms with Crippen LogP contribution in [0.25, 0.3) is 0 Å². The van der Waals surface area contributed by atoms with Crippen molar-refractivity contribution in [3.05, 3.63) is 30.3 Å². The van der Waals surface area contributed by atoms with Crippen LogP contribution in [0.1, 0.15) is 33.6 Å². The topological polar surface area (TPSA) is 75.3 Å². The molecule has 0 aliphatic heterocycles. The van der Waals surface area contributed by atoms with Crippen LogP contribution < -0.4 is 10.6 Å². The SMILES string of the molecule is CCC(=O)C(C(C)C)[C@H](Nc1ccccc1)C(=O)NCCC(=O)CCl. The molecule has 0 radical (unpaired) electrons. The van der Waals surface area contributed by atoms with Crippen LogP contribution in [-0.4, -0.2) is 35.9 Å². The van der Waals surface area contributed by atoms with E-state index in [-0.39, 0.29) is 42.2 Å². The number of carbonyl (C=O) groups is 3. The molecule has 0 fully saturated rings. The lowest BCUT2D eigenvalue weighted by atomic mass is 9.83. The Hall–Kier alpha value is -1.88. The predicted molar refractivity (Wildman–Crippen MR) is 101 cm³/mol. The van der Waals surface area contributed by atoms with E-state index < -0.39 is 12.0 Å². The molecule has 0 saturated heterocycles. The molecule has 0 aliphatic rings. The zero-order valence-electron chi connectivity index (χ0n) is 15.0. The zero-order valence-corrected chi connectivity index (χ0v) is 15.8. The zero-order chi connectivity index (χ0) is 18.8. The Morgan fingerprint density at radius 2 is 1.76 bits per heavy atom. The normalized spacial score (nSPS) is 13.2. The van der Waals surface area contributed by atoms with Crippen LogP contribution in [0.3, 0.4) is 0 Å². The smallest absolute Gasteiger partial charge is 0.243 e. The van der Waals surface area contributed by atoms with E-state index in [1.165, 1.54) is 0 Å². The van der Waals surface area contributed by atoms with Gasteiger partial charge in [0.05, 0.1) is 5.88 Å². The van der Waals surface area contributed by atoms with Gasteiger partial charge in [-0.05, 0) is 18.1 Å². The number of nitrogens with one attached hydrogen (secondary N) is 2. The number of para-hydroxylation sites is 1. The highest BCUT2D eigenvalue weighted by Gasteiger charge is 2.34. The van der Waals surface area contributed by atoms with Crippen LogP contribution in [0, 0.1) is 11.8 Å². The second kappa shape index (κ2) is 10.9. The lowest BCUT2D eigenvalue weighted by Gasteiger charge is -2.29. The molecule has 0 bridgehead atoms. The predicted octanol–water partition coefficient (Wildman–Crippen LogP) is 3.03. The average molecular weight is 367 g/mol. The van der Waals surface area contributed by atoms with Gasteiger partial charge in [-0.25, -0.2) is 0 Å². The van der Waals surface area contributed by atoms with Crippen molar-refractivity contribution < 1.29 is 14.4 Å². The minimum absolute atomic E-state index is 0.00360. The van der Waals surface area contributed by atoms with Gasteiger partial charge in [0.1, 0.15) is 17.6 Å². The van der Waals surface area contributed by atoms with Gasteiger partial charge in [-0.3, -0.25) is 14.4 Å². The van der Waals surface area contributed by atoms with E-state index in [4.69, 9.17) is 11.6 Å². The minimum atomic E-state index is -0.694. The molecule has 2 N–H and O–H groups in total. The fraction of sp³-hybridized carbons (Fsp3) is 0.526. The van der Waals surface area contributed by atoms with Crippen molar-refractivity contribution in [3.8, 4) is 0 Å². The summed E-state index contributed by atoms with van der Waals surface area (Å²) < 4.78 is 0. The van der Waals surface area contributed by atoms with Crippen LogP contribution in [-0.2, 0) is 14.4 Å². The third-order valence-corrected chi connectivity index (χ3v) is 4.33. The molecule has 0 heterocycles. The second-order valence-corrected chi connectivity index (χ2v) is 6.56. The van der Waals surface area contributed by atoms with E-state index in [0.29, 0.717) is 6.42 Å². The quantitative estimate of drug-likeness (QED) is 0.590. The Kier molecular flexibility index (Phi) is 9.21. The van der Waals surface area contributed by atoms with Crippen molar-refractivity contribution in [2.45, 2.75) is 39.7 Å². The van der Waals surface area contributed by atoms with Gasteiger partial charge in [-0.15, -0.1) is 11.6 Å². The number of halogens is 1. The van der Waals surface area contributed by atoms with E-state index >= 15 is 0 Å². The molecule has 0 aromatic heterocycles. The monoisotopic (exact) mass is 366 g/mol. The van der Waals surface area contributed by atoms with Crippen LogP contribution in [0.15, 0.2) is 30.3 Å². The van der Waals surface area contributed by atoms with Gasteiger partial charge in [-0.2, -0.15) is 0 Å². The summed E-state index contributed by atoms with van der Waals surface area (Å²) in [6.45, 7) is 5.88. The number of hydrogen-bond acceptors (Lipinski definition) is 4. The standard InChI is InChI=1S/C19H27ClN2O3/c1-4-16(24)17(13(2)3)18(22-14-8-6-5-7-9-14)19(25)21-11-10-15(23)12-20/h5-9,13,17-18,22H,4,10-12H2,1-3H3,(H,21,25)/t17?,18-/m0/s1. The lowest BCUT2D eigenvalue weighted by molar-refractivity contribution is -0.131. The molecule has 0 spiro atoms. The molecule has 6 heteroatoms. The van der Waals surface area contributed by atoms with E-state index in [1.807, 2.05) is 44.2 Å². The maximum absolute atomic E-state index is 12.7. The molecule has 1 amide bonds. The fourth-order valence-corrected chi connectivity index (χ4v) is 2.85. The fourth-order valence-electron chi connectivity index (χ4n) is 2.71. The van der Waals surface area contributed by atoms with Crippen molar-refractivity contribution in [1.82, 2.24) is 5.32 Å². The highest BCUT2D eigenvalue weighted by atomic mass is 35.5. The summed E-state index contributed by atoms with van der Waals surface area (Å²) >= 11 is 5.47. The highest BCUT2D eigenvalue weighted by Crippen LogP contribution is 2.22. The molecule has 2 atom stereocenters. The number of carbonyl (C=O) groups excluding carboxylic acids is 3. The van der Waals surface area contributed by atoms with Crippen LogP contribution in [0.4, 0.5) is 5.69 Å². The molecule has 1 unspecified atom stereocenters. The van der Waals surface area contributed by atoms with Gasteiger partial charge in [0.15, 0.2) is 0 Å². The van der Waals surface area contributed by atoms with Crippen molar-refractivity contribution in [3.63, 3.8) is 0 Å². The summed E-state index contributed by atoms with van der Waals surface area (Å²) in [5.41, 5.74) is 0.772. The molecule has 1 aromatic rings.